The van der Waals surface area contributed by atoms with E-state index in [0.717, 1.165) is 24.5 Å². The number of fused-ring (bicyclic) bond motifs is 1. The largest absolute Gasteiger partial charge is 0.388 e. The summed E-state index contributed by atoms with van der Waals surface area (Å²) in [5.41, 5.74) is 3.03. The molecule has 1 aliphatic rings. The molecule has 1 aliphatic heterocycles. The van der Waals surface area contributed by atoms with Crippen molar-refractivity contribution < 1.29 is 0 Å². The van der Waals surface area contributed by atoms with Gasteiger partial charge in [0.05, 0.1) is 21.6 Å². The highest BCUT2D eigenvalue weighted by Crippen LogP contribution is 2.24. The fourth-order valence-electron chi connectivity index (χ4n) is 3.63. The van der Waals surface area contributed by atoms with Gasteiger partial charge in [-0.05, 0) is 62.3 Å². The lowest BCUT2D eigenvalue weighted by Gasteiger charge is -2.15. The van der Waals surface area contributed by atoms with Crippen LogP contribution in [0.15, 0.2) is 47.5 Å². The summed E-state index contributed by atoms with van der Waals surface area (Å²) in [5, 5.41) is 7.53. The second-order valence-corrected chi connectivity index (χ2v) is 7.45. The molecule has 3 aromatic rings. The van der Waals surface area contributed by atoms with Crippen LogP contribution in [0.2, 0.25) is 5.02 Å². The Balaban J connectivity index is 1.57. The normalized spacial score (nSPS) is 14.5. The van der Waals surface area contributed by atoms with Gasteiger partial charge in [-0.3, -0.25) is 9.36 Å². The van der Waals surface area contributed by atoms with Gasteiger partial charge in [-0.1, -0.05) is 11.6 Å². The average molecular weight is 398 g/mol. The summed E-state index contributed by atoms with van der Waals surface area (Å²) < 4.78 is 1.49. The highest BCUT2D eigenvalue weighted by molar-refractivity contribution is 6.32. The maximum Gasteiger partial charge on any atom is 0.265 e. The van der Waals surface area contributed by atoms with Crippen LogP contribution >= 0.6 is 11.6 Å². The summed E-state index contributed by atoms with van der Waals surface area (Å²) in [6, 6.07) is 11.2. The van der Waals surface area contributed by atoms with Crippen LogP contribution in [-0.2, 0) is 0 Å². The smallest absolute Gasteiger partial charge is 0.265 e. The summed E-state index contributed by atoms with van der Waals surface area (Å²) in [6.07, 6.45) is 4.14. The Kier molecular flexibility index (Phi) is 5.50. The Labute approximate surface area is 169 Å². The first-order valence-corrected chi connectivity index (χ1v) is 9.99. The predicted molar refractivity (Wildman–Crippen MR) is 116 cm³/mol. The van der Waals surface area contributed by atoms with Crippen molar-refractivity contribution in [3.05, 3.63) is 58.1 Å². The van der Waals surface area contributed by atoms with E-state index in [1.54, 1.807) is 12.4 Å². The fraction of sp³-hybridized carbons (Fsp3) is 0.333. The molecular formula is C21H24ClN5O. The van der Waals surface area contributed by atoms with Crippen molar-refractivity contribution >= 4 is 33.9 Å². The van der Waals surface area contributed by atoms with Crippen LogP contribution in [0.25, 0.3) is 16.6 Å². The lowest BCUT2D eigenvalue weighted by Crippen LogP contribution is -2.26. The monoisotopic (exact) mass is 397 g/mol. The fourth-order valence-corrected chi connectivity index (χ4v) is 3.90. The van der Waals surface area contributed by atoms with Crippen molar-refractivity contribution in [3.8, 4) is 5.69 Å². The molecule has 28 heavy (non-hydrogen) atoms. The first-order valence-electron chi connectivity index (χ1n) is 9.61. The Morgan fingerprint density at radius 1 is 1.11 bits per heavy atom. The number of aromatic nitrogens is 2. The summed E-state index contributed by atoms with van der Waals surface area (Å²) in [6.45, 7) is 4.31. The van der Waals surface area contributed by atoms with Crippen molar-refractivity contribution in [3.63, 3.8) is 0 Å². The number of hydrogen-bond acceptors (Lipinski definition) is 5. The molecular weight excluding hydrogens is 374 g/mol. The summed E-state index contributed by atoms with van der Waals surface area (Å²) in [5.74, 6) is 0. The number of hydrogen-bond donors (Lipinski definition) is 2. The third-order valence-corrected chi connectivity index (χ3v) is 5.51. The van der Waals surface area contributed by atoms with Crippen molar-refractivity contribution in [1.29, 1.82) is 0 Å². The van der Waals surface area contributed by atoms with Crippen LogP contribution < -0.4 is 16.2 Å². The van der Waals surface area contributed by atoms with Crippen LogP contribution in [0.3, 0.4) is 0 Å². The van der Waals surface area contributed by atoms with Gasteiger partial charge in [-0.25, -0.2) is 4.98 Å². The number of rotatable bonds is 6. The highest BCUT2D eigenvalue weighted by Gasteiger charge is 2.12. The molecule has 0 radical (unpaired) electrons. The molecule has 2 N–H and O–H groups in total. The van der Waals surface area contributed by atoms with E-state index in [4.69, 9.17) is 11.6 Å². The van der Waals surface area contributed by atoms with Gasteiger partial charge in [0.1, 0.15) is 6.33 Å². The molecule has 2 heterocycles. The third kappa shape index (κ3) is 3.84. The molecule has 0 spiro atoms. The number of nitrogens with zero attached hydrogens (tertiary/aromatic N) is 3. The van der Waals surface area contributed by atoms with Gasteiger partial charge < -0.3 is 15.5 Å². The summed E-state index contributed by atoms with van der Waals surface area (Å²) in [4.78, 5) is 19.9. The van der Waals surface area contributed by atoms with E-state index in [9.17, 15) is 4.79 Å². The topological polar surface area (TPSA) is 62.2 Å². The molecule has 2 aromatic carbocycles. The molecule has 1 aromatic heterocycles. The number of anilines is 2. The maximum atomic E-state index is 13.0. The van der Waals surface area contributed by atoms with Crippen molar-refractivity contribution in [1.82, 2.24) is 14.5 Å². The summed E-state index contributed by atoms with van der Waals surface area (Å²) in [7, 11) is 1.83. The molecule has 4 rings (SSSR count). The zero-order valence-corrected chi connectivity index (χ0v) is 16.7. The molecule has 6 nitrogen and oxygen atoms in total. The van der Waals surface area contributed by atoms with Gasteiger partial charge in [0.2, 0.25) is 0 Å². The molecule has 146 valence electrons. The van der Waals surface area contributed by atoms with Crippen LogP contribution in [0.5, 0.6) is 0 Å². The number of benzene rings is 2. The minimum Gasteiger partial charge on any atom is -0.388 e. The lowest BCUT2D eigenvalue weighted by atomic mass is 10.2. The quantitative estimate of drug-likeness (QED) is 0.665. The Hall–Kier alpha value is -2.57. The van der Waals surface area contributed by atoms with Gasteiger partial charge >= 0.3 is 0 Å². The molecule has 0 bridgehead atoms. The van der Waals surface area contributed by atoms with Crippen LogP contribution in [-0.4, -0.2) is 47.7 Å². The van der Waals surface area contributed by atoms with Crippen molar-refractivity contribution in [2.24, 2.45) is 0 Å². The standard InChI is InChI=1S/C21H24ClN5O/c1-23-15-5-7-20(18(22)12-15)27-14-25-19-13-16(4-6-17(19)21(27)28)24-8-11-26-9-2-3-10-26/h4-7,12-14,23-24H,2-3,8-11H2,1H3. The number of likely N-dealkylation sites (tertiary alicyclic amines) is 1. The average Bonchev–Trinajstić information content (AvgIpc) is 3.22. The molecule has 1 fully saturated rings. The Morgan fingerprint density at radius 3 is 2.64 bits per heavy atom. The molecule has 0 atom stereocenters. The number of nitrogens with one attached hydrogen (secondary N) is 2. The van der Waals surface area contributed by atoms with E-state index < -0.39 is 0 Å². The molecule has 1 saturated heterocycles. The van der Waals surface area contributed by atoms with Gasteiger partial charge in [0.15, 0.2) is 0 Å². The van der Waals surface area contributed by atoms with Gasteiger partial charge in [-0.15, -0.1) is 0 Å². The first-order chi connectivity index (χ1) is 13.7. The minimum atomic E-state index is -0.132. The Bertz CT molecular complexity index is 1040. The lowest BCUT2D eigenvalue weighted by molar-refractivity contribution is 0.352. The first kappa shape index (κ1) is 18.8. The predicted octanol–water partition coefficient (Wildman–Crippen LogP) is 3.59. The van der Waals surface area contributed by atoms with Crippen LogP contribution in [0, 0.1) is 0 Å². The highest BCUT2D eigenvalue weighted by atomic mass is 35.5. The maximum absolute atomic E-state index is 13.0. The van der Waals surface area contributed by atoms with Gasteiger partial charge in [0.25, 0.3) is 5.56 Å². The van der Waals surface area contributed by atoms with E-state index >= 15 is 0 Å². The van der Waals surface area contributed by atoms with E-state index in [1.165, 1.54) is 30.5 Å². The van der Waals surface area contributed by atoms with Crippen LogP contribution in [0.1, 0.15) is 12.8 Å². The molecule has 0 saturated carbocycles. The molecule has 7 heteroatoms. The summed E-state index contributed by atoms with van der Waals surface area (Å²) >= 11 is 6.36. The molecule has 0 amide bonds. The SMILES string of the molecule is CNc1ccc(-n2cnc3cc(NCCN4CCCC4)ccc3c2=O)c(Cl)c1. The number of halogens is 1. The van der Waals surface area contributed by atoms with Crippen molar-refractivity contribution in [2.75, 3.05) is 43.9 Å². The van der Waals surface area contributed by atoms with E-state index in [1.807, 2.05) is 37.4 Å². The van der Waals surface area contributed by atoms with Crippen LogP contribution in [0.4, 0.5) is 11.4 Å². The van der Waals surface area contributed by atoms with E-state index in [-0.39, 0.29) is 5.56 Å². The molecule has 0 unspecified atom stereocenters. The Morgan fingerprint density at radius 2 is 1.89 bits per heavy atom. The van der Waals surface area contributed by atoms with Gasteiger partial charge in [-0.2, -0.15) is 0 Å². The zero-order valence-electron chi connectivity index (χ0n) is 15.9. The second-order valence-electron chi connectivity index (χ2n) is 7.04. The van der Waals surface area contributed by atoms with E-state index in [2.05, 4.69) is 20.5 Å². The second kappa shape index (κ2) is 8.20. The zero-order chi connectivity index (χ0) is 19.5. The minimum absolute atomic E-state index is 0.132. The van der Waals surface area contributed by atoms with Gasteiger partial charge in [0, 0.05) is 31.5 Å². The molecule has 0 aliphatic carbocycles. The van der Waals surface area contributed by atoms with E-state index in [0.29, 0.717) is 21.6 Å². The van der Waals surface area contributed by atoms with Crippen molar-refractivity contribution in [2.45, 2.75) is 12.8 Å². The third-order valence-electron chi connectivity index (χ3n) is 5.21.